The zero-order valence-corrected chi connectivity index (χ0v) is 23.2. The first-order valence-corrected chi connectivity index (χ1v) is 14.3. The highest BCUT2D eigenvalue weighted by Crippen LogP contribution is 2.35. The van der Waals surface area contributed by atoms with E-state index in [1.54, 1.807) is 54.6 Å². The molecule has 12 heteroatoms. The minimum Gasteiger partial charge on any atom is -0.505 e. The van der Waals surface area contributed by atoms with Gasteiger partial charge in [-0.15, -0.1) is 0 Å². The zero-order chi connectivity index (χ0) is 30.0. The van der Waals surface area contributed by atoms with Crippen molar-refractivity contribution >= 4 is 39.3 Å². The van der Waals surface area contributed by atoms with Gasteiger partial charge in [0.05, 0.1) is 16.5 Å². The van der Waals surface area contributed by atoms with Crippen molar-refractivity contribution in [3.05, 3.63) is 119 Å². The van der Waals surface area contributed by atoms with Crippen molar-refractivity contribution in [1.29, 1.82) is 0 Å². The van der Waals surface area contributed by atoms with Crippen molar-refractivity contribution < 1.29 is 33.0 Å². The number of carbonyl (C=O) groups excluding carboxylic acids is 2. The second kappa shape index (κ2) is 11.3. The van der Waals surface area contributed by atoms with E-state index in [0.717, 1.165) is 10.00 Å². The third-order valence-corrected chi connectivity index (χ3v) is 8.84. The molecule has 1 amide bonds. The number of carboxylic acids is 1. The number of amides is 1. The summed E-state index contributed by atoms with van der Waals surface area (Å²) in [6.07, 6.45) is 2.04. The molecule has 42 heavy (non-hydrogen) atoms. The zero-order valence-electron chi connectivity index (χ0n) is 22.3. The number of sulfonamides is 1. The first-order valence-electron chi connectivity index (χ1n) is 12.9. The summed E-state index contributed by atoms with van der Waals surface area (Å²) in [6.45, 7) is 0.590. The molecule has 1 unspecified atom stereocenters. The molecule has 0 bridgehead atoms. The Bertz CT molecular complexity index is 1820. The SMILES string of the molecule is CN1C(C(=O)Nc2ccccn2)=C(O)c2ccccc2S1(=O)=O.O=C(c1ccccc1)c1ccc2n1CCC2C(=O)O. The van der Waals surface area contributed by atoms with Crippen LogP contribution in [0.1, 0.15) is 39.6 Å². The van der Waals surface area contributed by atoms with Crippen LogP contribution in [0.15, 0.2) is 102 Å². The van der Waals surface area contributed by atoms with E-state index < -0.39 is 33.6 Å². The summed E-state index contributed by atoms with van der Waals surface area (Å²) in [6, 6.07) is 23.4. The number of aliphatic hydroxyl groups is 1. The van der Waals surface area contributed by atoms with Crippen molar-refractivity contribution in [3.8, 4) is 0 Å². The lowest BCUT2D eigenvalue weighted by Crippen LogP contribution is -2.37. The van der Waals surface area contributed by atoms with Crippen LogP contribution in [0.5, 0.6) is 0 Å². The van der Waals surface area contributed by atoms with E-state index in [2.05, 4.69) is 10.3 Å². The molecular weight excluding hydrogens is 560 g/mol. The third kappa shape index (κ3) is 5.15. The van der Waals surface area contributed by atoms with Gasteiger partial charge in [0, 0.05) is 36.6 Å². The van der Waals surface area contributed by atoms with Gasteiger partial charge in [-0.3, -0.25) is 18.7 Å². The maximum absolute atomic E-state index is 12.5. The van der Waals surface area contributed by atoms with Crippen LogP contribution in [0.25, 0.3) is 5.76 Å². The molecular formula is C30H26N4O7S. The molecule has 4 aromatic rings. The molecule has 0 spiro atoms. The lowest BCUT2D eigenvalue weighted by atomic mass is 10.1. The second-order valence-corrected chi connectivity index (χ2v) is 11.4. The number of aliphatic hydroxyl groups excluding tert-OH is 1. The Morgan fingerprint density at radius 2 is 1.62 bits per heavy atom. The number of aromatic nitrogens is 2. The number of anilines is 1. The molecule has 0 saturated carbocycles. The van der Waals surface area contributed by atoms with Gasteiger partial charge < -0.3 is 20.1 Å². The molecule has 2 aromatic carbocycles. The van der Waals surface area contributed by atoms with Crippen molar-refractivity contribution in [2.24, 2.45) is 0 Å². The lowest BCUT2D eigenvalue weighted by Gasteiger charge is -2.28. The number of rotatable bonds is 5. The molecule has 214 valence electrons. The fraction of sp³-hybridized carbons (Fsp3) is 0.133. The number of ketones is 1. The monoisotopic (exact) mass is 586 g/mol. The number of carboxylic acid groups (broad SMARTS) is 1. The predicted octanol–water partition coefficient (Wildman–Crippen LogP) is 3.87. The lowest BCUT2D eigenvalue weighted by molar-refractivity contribution is -0.138. The number of pyridine rings is 1. The van der Waals surface area contributed by atoms with Crippen LogP contribution in [0, 0.1) is 0 Å². The van der Waals surface area contributed by atoms with Gasteiger partial charge in [0.15, 0.2) is 11.5 Å². The van der Waals surface area contributed by atoms with Gasteiger partial charge in [-0.1, -0.05) is 48.5 Å². The molecule has 6 rings (SSSR count). The summed E-state index contributed by atoms with van der Waals surface area (Å²) in [5, 5.41) is 22.0. The summed E-state index contributed by atoms with van der Waals surface area (Å²) in [5.41, 5.74) is 1.67. The molecule has 0 aliphatic carbocycles. The summed E-state index contributed by atoms with van der Waals surface area (Å²) in [5.74, 6) is -2.28. The molecule has 3 N–H and O–H groups in total. The van der Waals surface area contributed by atoms with E-state index >= 15 is 0 Å². The molecule has 2 aliphatic rings. The number of likely N-dealkylation sites (N-methyl/N-ethyl adjacent to an activating group) is 1. The Kier molecular flexibility index (Phi) is 7.64. The number of fused-ring (bicyclic) bond motifs is 2. The van der Waals surface area contributed by atoms with Crippen LogP contribution in [-0.2, 0) is 26.2 Å². The fourth-order valence-corrected chi connectivity index (χ4v) is 6.32. The van der Waals surface area contributed by atoms with Gasteiger partial charge in [0.25, 0.3) is 15.9 Å². The summed E-state index contributed by atoms with van der Waals surface area (Å²) in [7, 11) is -2.69. The summed E-state index contributed by atoms with van der Waals surface area (Å²) >= 11 is 0. The van der Waals surface area contributed by atoms with Gasteiger partial charge in [0.2, 0.25) is 5.78 Å². The predicted molar refractivity (Wildman–Crippen MR) is 153 cm³/mol. The molecule has 11 nitrogen and oxygen atoms in total. The van der Waals surface area contributed by atoms with E-state index in [9.17, 15) is 27.9 Å². The van der Waals surface area contributed by atoms with E-state index in [1.165, 1.54) is 25.4 Å². The van der Waals surface area contributed by atoms with Gasteiger partial charge in [-0.25, -0.2) is 13.4 Å². The first-order chi connectivity index (χ1) is 20.1. The second-order valence-electron chi connectivity index (χ2n) is 9.50. The molecule has 4 heterocycles. The highest BCUT2D eigenvalue weighted by molar-refractivity contribution is 7.89. The quantitative estimate of drug-likeness (QED) is 0.297. The maximum Gasteiger partial charge on any atom is 0.312 e. The van der Waals surface area contributed by atoms with Crippen molar-refractivity contribution in [2.45, 2.75) is 23.8 Å². The minimum atomic E-state index is -3.91. The highest BCUT2D eigenvalue weighted by atomic mass is 32.2. The standard InChI is InChI=1S/C15H13N3O4S.C15H13NO3/c1-18-13(15(20)17-12-8-4-5-9-16-12)14(19)10-6-2-3-7-11(10)23(18,21)22;17-14(10-4-2-1-3-5-10)13-7-6-12-11(15(18)19)8-9-16(12)13/h2-9,19H,1H3,(H,16,17,20);1-7,11H,8-9H2,(H,18,19). The molecule has 0 radical (unpaired) electrons. The van der Waals surface area contributed by atoms with Gasteiger partial charge >= 0.3 is 5.97 Å². The number of nitrogens with one attached hydrogen (secondary N) is 1. The van der Waals surface area contributed by atoms with Crippen LogP contribution >= 0.6 is 0 Å². The summed E-state index contributed by atoms with van der Waals surface area (Å²) < 4.78 is 27.6. The Balaban J connectivity index is 0.000000171. The van der Waals surface area contributed by atoms with Crippen molar-refractivity contribution in [2.75, 3.05) is 12.4 Å². The Morgan fingerprint density at radius 3 is 2.31 bits per heavy atom. The number of nitrogens with zero attached hydrogens (tertiary/aromatic N) is 3. The first kappa shape index (κ1) is 28.3. The smallest absolute Gasteiger partial charge is 0.312 e. The van der Waals surface area contributed by atoms with Crippen LogP contribution < -0.4 is 5.32 Å². The normalized spacial score (nSPS) is 16.5. The van der Waals surface area contributed by atoms with Crippen LogP contribution in [0.2, 0.25) is 0 Å². The number of benzene rings is 2. The Hall–Kier alpha value is -5.23. The molecule has 0 saturated heterocycles. The molecule has 2 aliphatic heterocycles. The van der Waals surface area contributed by atoms with E-state index in [1.807, 2.05) is 22.8 Å². The number of hydrogen-bond donors (Lipinski definition) is 3. The average molecular weight is 587 g/mol. The molecule has 2 aromatic heterocycles. The van der Waals surface area contributed by atoms with Crippen LogP contribution in [0.4, 0.5) is 5.82 Å². The third-order valence-electron chi connectivity index (χ3n) is 7.02. The van der Waals surface area contributed by atoms with Gasteiger partial charge in [0.1, 0.15) is 5.82 Å². The van der Waals surface area contributed by atoms with Gasteiger partial charge in [-0.2, -0.15) is 0 Å². The highest BCUT2D eigenvalue weighted by Gasteiger charge is 2.38. The maximum atomic E-state index is 12.5. The number of aliphatic carboxylic acids is 1. The van der Waals surface area contributed by atoms with E-state index in [0.29, 0.717) is 24.2 Å². The van der Waals surface area contributed by atoms with Crippen molar-refractivity contribution in [1.82, 2.24) is 13.9 Å². The fourth-order valence-electron chi connectivity index (χ4n) is 4.92. The van der Waals surface area contributed by atoms with Crippen molar-refractivity contribution in [3.63, 3.8) is 0 Å². The number of carbonyl (C=O) groups is 3. The Morgan fingerprint density at radius 1 is 0.929 bits per heavy atom. The topological polar surface area (TPSA) is 159 Å². The van der Waals surface area contributed by atoms with E-state index in [4.69, 9.17) is 5.11 Å². The number of hydrogen-bond acceptors (Lipinski definition) is 7. The molecule has 0 fully saturated rings. The van der Waals surface area contributed by atoms with Gasteiger partial charge in [-0.05, 0) is 42.8 Å². The minimum absolute atomic E-state index is 0.0469. The largest absolute Gasteiger partial charge is 0.505 e. The Labute approximate surface area is 241 Å². The summed E-state index contributed by atoms with van der Waals surface area (Å²) in [4.78, 5) is 39.8. The van der Waals surface area contributed by atoms with E-state index in [-0.39, 0.29) is 27.8 Å². The average Bonchev–Trinajstić information content (AvgIpc) is 3.60. The van der Waals surface area contributed by atoms with Crippen LogP contribution in [-0.4, -0.2) is 57.2 Å². The molecule has 1 atom stereocenters. The van der Waals surface area contributed by atoms with Crippen LogP contribution in [0.3, 0.4) is 0 Å².